The lowest BCUT2D eigenvalue weighted by atomic mass is 9.79. The van der Waals surface area contributed by atoms with Crippen LogP contribution in [0.2, 0.25) is 0 Å². The molecule has 2 N–H and O–H groups in total. The molecule has 2 aromatic rings. The molecular weight excluding hydrogens is 520 g/mol. The van der Waals surface area contributed by atoms with Gasteiger partial charge in [-0.3, -0.25) is 4.57 Å². The molecule has 0 atom stereocenters. The van der Waals surface area contributed by atoms with Crippen LogP contribution in [0.4, 0.5) is 8.78 Å². The molecule has 0 saturated heterocycles. The lowest BCUT2D eigenvalue weighted by molar-refractivity contribution is 0.00697. The van der Waals surface area contributed by atoms with E-state index in [4.69, 9.17) is 13.8 Å². The van der Waals surface area contributed by atoms with E-state index in [2.05, 4.69) is 15.9 Å². The Balaban J connectivity index is 2.74. The van der Waals surface area contributed by atoms with E-state index in [-0.39, 0.29) is 38.8 Å². The molecule has 0 fully saturated rings. The molecule has 13 heteroatoms. The molecule has 0 unspecified atom stereocenters. The molecule has 0 spiro atoms. The van der Waals surface area contributed by atoms with Crippen molar-refractivity contribution >= 4 is 63.5 Å². The molecule has 1 heterocycles. The number of alkyl halides is 2. The third-order valence-electron chi connectivity index (χ3n) is 3.89. The van der Waals surface area contributed by atoms with Crippen LogP contribution in [0.15, 0.2) is 16.6 Å². The molecule has 2 rings (SSSR count). The zero-order valence-electron chi connectivity index (χ0n) is 17.6. The van der Waals surface area contributed by atoms with Crippen LogP contribution in [0.1, 0.15) is 49.9 Å². The fourth-order valence-electron chi connectivity index (χ4n) is 2.70. The van der Waals surface area contributed by atoms with Gasteiger partial charge in [-0.25, -0.2) is 4.79 Å². The summed E-state index contributed by atoms with van der Waals surface area (Å²) in [5.41, 5.74) is -5.09. The van der Waals surface area contributed by atoms with Crippen molar-refractivity contribution in [3.8, 4) is 0 Å². The van der Waals surface area contributed by atoms with E-state index in [1.54, 1.807) is 20.8 Å². The highest BCUT2D eigenvalue weighted by Gasteiger charge is 2.57. The maximum atomic E-state index is 15.3. The standard InChI is InChI=1S/C18H23BBrF2O7PS/c1-6-27-30(26,28-7-2)18(21,22)15-13(20)11-8-10(16(23)29-17(3,4)5)9-12(19(24)25)14(11)31-15/h8-9,24-25H,6-7H2,1-5H3. The first kappa shape index (κ1) is 26.4. The quantitative estimate of drug-likeness (QED) is 0.285. The second-order valence-corrected chi connectivity index (χ2v) is 11.3. The third-order valence-corrected chi connectivity index (χ3v) is 8.56. The Labute approximate surface area is 191 Å². The van der Waals surface area contributed by atoms with Gasteiger partial charge in [0.15, 0.2) is 0 Å². The minimum Gasteiger partial charge on any atom is -0.456 e. The van der Waals surface area contributed by atoms with Crippen LogP contribution < -0.4 is 5.46 Å². The summed E-state index contributed by atoms with van der Waals surface area (Å²) in [5, 5.41) is 19.7. The molecule has 0 aliphatic carbocycles. The summed E-state index contributed by atoms with van der Waals surface area (Å²) in [6.07, 6.45) is 0. The fraction of sp³-hybridized carbons (Fsp3) is 0.500. The SMILES string of the molecule is CCOP(=O)(OCC)C(F)(F)c1sc2c(B(O)O)cc(C(=O)OC(C)(C)C)cc2c1Br. The highest BCUT2D eigenvalue weighted by molar-refractivity contribution is 9.10. The highest BCUT2D eigenvalue weighted by atomic mass is 79.9. The number of halogens is 3. The normalized spacial score (nSPS) is 13.0. The Kier molecular flexibility index (Phi) is 8.12. The Hall–Kier alpha value is -0.875. The van der Waals surface area contributed by atoms with Crippen molar-refractivity contribution < 1.29 is 42.0 Å². The second kappa shape index (κ2) is 9.55. The van der Waals surface area contributed by atoms with Gasteiger partial charge in [0, 0.05) is 20.0 Å². The topological polar surface area (TPSA) is 102 Å². The maximum absolute atomic E-state index is 15.3. The zero-order valence-corrected chi connectivity index (χ0v) is 20.9. The zero-order chi connectivity index (χ0) is 23.8. The van der Waals surface area contributed by atoms with Crippen LogP contribution >= 0.6 is 34.9 Å². The van der Waals surface area contributed by atoms with Gasteiger partial charge in [-0.2, -0.15) is 8.78 Å². The number of ether oxygens (including phenoxy) is 1. The smallest absolute Gasteiger partial charge is 0.456 e. The van der Waals surface area contributed by atoms with Crippen LogP contribution in [0.3, 0.4) is 0 Å². The minimum atomic E-state index is -4.89. The van der Waals surface area contributed by atoms with Crippen LogP contribution in [-0.4, -0.2) is 42.0 Å². The monoisotopic (exact) mass is 542 g/mol. The highest BCUT2D eigenvalue weighted by Crippen LogP contribution is 2.69. The lowest BCUT2D eigenvalue weighted by Crippen LogP contribution is -2.31. The van der Waals surface area contributed by atoms with Crippen molar-refractivity contribution in [2.45, 2.75) is 45.9 Å². The number of fused-ring (bicyclic) bond motifs is 1. The van der Waals surface area contributed by atoms with E-state index < -0.39 is 36.8 Å². The fourth-order valence-corrected chi connectivity index (χ4v) is 6.78. The van der Waals surface area contributed by atoms with Gasteiger partial charge in [0.05, 0.1) is 18.8 Å². The van der Waals surface area contributed by atoms with Crippen LogP contribution in [0, 0.1) is 0 Å². The summed E-state index contributed by atoms with van der Waals surface area (Å²) >= 11 is 3.59. The number of benzene rings is 1. The molecule has 0 aliphatic rings. The number of esters is 1. The number of hydrogen-bond acceptors (Lipinski definition) is 8. The molecular formula is C18H23BBrF2O7PS. The Morgan fingerprint density at radius 1 is 1.19 bits per heavy atom. The number of carbonyl (C=O) groups excluding carboxylic acids is 1. The predicted octanol–water partition coefficient (Wildman–Crippen LogP) is 4.61. The molecule has 0 amide bonds. The molecule has 172 valence electrons. The number of hydrogen-bond donors (Lipinski definition) is 2. The van der Waals surface area contributed by atoms with Crippen LogP contribution in [0.5, 0.6) is 0 Å². The number of carbonyl (C=O) groups is 1. The second-order valence-electron chi connectivity index (χ2n) is 7.44. The first-order valence-corrected chi connectivity index (χ1v) is 12.5. The van der Waals surface area contributed by atoms with Crippen LogP contribution in [-0.2, 0) is 24.0 Å². The average Bonchev–Trinajstić information content (AvgIpc) is 2.97. The van der Waals surface area contributed by atoms with E-state index in [0.717, 1.165) is 6.07 Å². The summed E-state index contributed by atoms with van der Waals surface area (Å²) in [5.74, 6) is -0.767. The molecule has 31 heavy (non-hydrogen) atoms. The first-order chi connectivity index (χ1) is 14.2. The van der Waals surface area contributed by atoms with Crippen molar-refractivity contribution in [2.24, 2.45) is 0 Å². The molecule has 1 aromatic heterocycles. The van der Waals surface area contributed by atoms with Gasteiger partial charge >= 0.3 is 26.3 Å². The van der Waals surface area contributed by atoms with E-state index in [1.165, 1.54) is 19.9 Å². The van der Waals surface area contributed by atoms with Gasteiger partial charge in [0.25, 0.3) is 0 Å². The summed E-state index contributed by atoms with van der Waals surface area (Å²) in [6, 6.07) is 2.46. The van der Waals surface area contributed by atoms with Gasteiger partial charge < -0.3 is 23.8 Å². The minimum absolute atomic E-state index is 0.0586. The van der Waals surface area contributed by atoms with Crippen molar-refractivity contribution in [1.29, 1.82) is 0 Å². The van der Waals surface area contributed by atoms with Gasteiger partial charge in [-0.1, -0.05) is 0 Å². The molecule has 0 bridgehead atoms. The van der Waals surface area contributed by atoms with Crippen molar-refractivity contribution in [1.82, 2.24) is 0 Å². The lowest BCUT2D eigenvalue weighted by Gasteiger charge is -2.25. The van der Waals surface area contributed by atoms with E-state index in [9.17, 15) is 19.4 Å². The van der Waals surface area contributed by atoms with Gasteiger partial charge in [0.2, 0.25) is 0 Å². The number of thiophene rings is 1. The maximum Gasteiger partial charge on any atom is 0.489 e. The van der Waals surface area contributed by atoms with Crippen molar-refractivity contribution in [2.75, 3.05) is 13.2 Å². The van der Waals surface area contributed by atoms with Gasteiger partial charge in [0.1, 0.15) is 10.5 Å². The van der Waals surface area contributed by atoms with E-state index in [0.29, 0.717) is 11.3 Å². The Bertz CT molecular complexity index is 1010. The van der Waals surface area contributed by atoms with E-state index >= 15 is 8.78 Å². The molecule has 0 radical (unpaired) electrons. The molecule has 1 aromatic carbocycles. The third kappa shape index (κ3) is 5.38. The summed E-state index contributed by atoms with van der Waals surface area (Å²) in [7, 11) is -6.95. The van der Waals surface area contributed by atoms with Crippen LogP contribution in [0.25, 0.3) is 10.1 Å². The Morgan fingerprint density at radius 2 is 1.74 bits per heavy atom. The number of rotatable bonds is 8. The first-order valence-electron chi connectivity index (χ1n) is 9.31. The largest absolute Gasteiger partial charge is 0.489 e. The summed E-state index contributed by atoms with van der Waals surface area (Å²) in [4.78, 5) is 11.8. The molecule has 0 aliphatic heterocycles. The average molecular weight is 543 g/mol. The van der Waals surface area contributed by atoms with Crippen molar-refractivity contribution in [3.05, 3.63) is 27.0 Å². The Morgan fingerprint density at radius 3 is 2.19 bits per heavy atom. The summed E-state index contributed by atoms with van der Waals surface area (Å²) < 4.78 is 58.4. The molecule has 7 nitrogen and oxygen atoms in total. The van der Waals surface area contributed by atoms with Gasteiger partial charge in [-0.05, 0) is 62.7 Å². The van der Waals surface area contributed by atoms with E-state index in [1.807, 2.05) is 0 Å². The molecule has 0 saturated carbocycles. The van der Waals surface area contributed by atoms with Crippen molar-refractivity contribution in [3.63, 3.8) is 0 Å². The van der Waals surface area contributed by atoms with Gasteiger partial charge in [-0.15, -0.1) is 11.3 Å². The summed E-state index contributed by atoms with van der Waals surface area (Å²) in [6.45, 7) is 7.26. The predicted molar refractivity (Wildman–Crippen MR) is 119 cm³/mol.